The van der Waals surface area contributed by atoms with Crippen LogP contribution in [-0.2, 0) is 6.54 Å². The highest BCUT2D eigenvalue weighted by atomic mass is 79.9. The van der Waals surface area contributed by atoms with E-state index in [-0.39, 0.29) is 30.3 Å². The summed E-state index contributed by atoms with van der Waals surface area (Å²) in [4.78, 5) is 4.50. The zero-order valence-electron chi connectivity index (χ0n) is 12.9. The molecule has 0 unspecified atom stereocenters. The van der Waals surface area contributed by atoms with Crippen molar-refractivity contribution in [2.75, 3.05) is 0 Å². The van der Waals surface area contributed by atoms with Crippen molar-refractivity contribution in [2.45, 2.75) is 6.54 Å². The highest BCUT2D eigenvalue weighted by molar-refractivity contribution is 9.10. The molecule has 2 heterocycles. The van der Waals surface area contributed by atoms with Gasteiger partial charge in [0.25, 0.3) is 0 Å². The van der Waals surface area contributed by atoms with Crippen molar-refractivity contribution < 1.29 is 22.1 Å². The zero-order chi connectivity index (χ0) is 16.9. The normalized spacial score (nSPS) is 11.2. The number of hydrogen-bond donors (Lipinski definition) is 1. The monoisotopic (exact) mass is 433 g/mol. The van der Waals surface area contributed by atoms with E-state index in [1.54, 1.807) is 4.57 Å². The van der Waals surface area contributed by atoms with Crippen LogP contribution in [-0.4, -0.2) is 10.1 Å². The molecule has 1 N–H and O–H groups in total. The lowest BCUT2D eigenvalue weighted by atomic mass is 10.2. The molecular formula is C18H13BrClN3OS. The summed E-state index contributed by atoms with van der Waals surface area (Å²) in [5.74, 6) is 0.00501. The Kier molecular flexibility index (Phi) is 6.71. The molecule has 7 heteroatoms. The van der Waals surface area contributed by atoms with E-state index in [0.29, 0.717) is 5.01 Å². The minimum Gasteiger partial charge on any atom is -1.00 e. The van der Waals surface area contributed by atoms with Gasteiger partial charge in [0.2, 0.25) is 6.54 Å². The number of allylic oxidation sites excluding steroid dienone is 2. The predicted molar refractivity (Wildman–Crippen MR) is 97.0 cm³/mol. The molecule has 0 amide bonds. The molecule has 0 saturated carbocycles. The second-order valence-corrected chi connectivity index (χ2v) is 6.80. The Labute approximate surface area is 164 Å². The SMILES string of the molecule is N#CC(=C(O)C[n+]1ccccc1)c1nc(-c2ccc(Br)cc2)cs1.[Cl-]. The molecule has 126 valence electrons. The Balaban J connectivity index is 0.00000225. The third-order valence-corrected chi connectivity index (χ3v) is 4.76. The molecule has 1 aromatic carbocycles. The first-order valence-electron chi connectivity index (χ1n) is 7.15. The van der Waals surface area contributed by atoms with E-state index in [9.17, 15) is 10.4 Å². The van der Waals surface area contributed by atoms with Crippen molar-refractivity contribution in [3.8, 4) is 17.3 Å². The molecule has 0 bridgehead atoms. The maximum Gasteiger partial charge on any atom is 0.206 e. The summed E-state index contributed by atoms with van der Waals surface area (Å²) in [6.45, 7) is 0.233. The van der Waals surface area contributed by atoms with Gasteiger partial charge < -0.3 is 17.5 Å². The summed E-state index contributed by atoms with van der Waals surface area (Å²) in [6.07, 6.45) is 3.67. The van der Waals surface area contributed by atoms with Gasteiger partial charge in [0.05, 0.1) is 5.69 Å². The molecule has 3 rings (SSSR count). The van der Waals surface area contributed by atoms with Gasteiger partial charge in [-0.3, -0.25) is 0 Å². The molecule has 25 heavy (non-hydrogen) atoms. The quantitative estimate of drug-likeness (QED) is 0.383. The number of halogens is 2. The van der Waals surface area contributed by atoms with Crippen molar-refractivity contribution in [3.63, 3.8) is 0 Å². The number of nitriles is 1. The number of benzene rings is 1. The van der Waals surface area contributed by atoms with E-state index < -0.39 is 0 Å². The lowest BCUT2D eigenvalue weighted by Gasteiger charge is -1.99. The van der Waals surface area contributed by atoms with Gasteiger partial charge in [0.1, 0.15) is 16.6 Å². The highest BCUT2D eigenvalue weighted by Crippen LogP contribution is 2.28. The first kappa shape index (κ1) is 19.1. The van der Waals surface area contributed by atoms with Crippen LogP contribution in [0.15, 0.2) is 70.5 Å². The Bertz CT molecular complexity index is 917. The lowest BCUT2D eigenvalue weighted by molar-refractivity contribution is -0.691. The van der Waals surface area contributed by atoms with E-state index in [1.165, 1.54) is 11.3 Å². The van der Waals surface area contributed by atoms with Crippen LogP contribution < -0.4 is 17.0 Å². The fourth-order valence-corrected chi connectivity index (χ4v) is 3.28. The fourth-order valence-electron chi connectivity index (χ4n) is 2.17. The van der Waals surface area contributed by atoms with Crippen molar-refractivity contribution >= 4 is 32.8 Å². The van der Waals surface area contributed by atoms with Crippen LogP contribution in [0.1, 0.15) is 5.01 Å². The van der Waals surface area contributed by atoms with Crippen molar-refractivity contribution in [1.29, 1.82) is 5.26 Å². The first-order chi connectivity index (χ1) is 11.7. The van der Waals surface area contributed by atoms with Gasteiger partial charge in [-0.25, -0.2) is 4.98 Å². The maximum atomic E-state index is 10.3. The minimum absolute atomic E-state index is 0. The molecule has 2 aromatic heterocycles. The summed E-state index contributed by atoms with van der Waals surface area (Å²) in [5.41, 5.74) is 1.96. The van der Waals surface area contributed by atoms with Gasteiger partial charge >= 0.3 is 0 Å². The summed E-state index contributed by atoms with van der Waals surface area (Å²) in [6, 6.07) is 15.5. The summed E-state index contributed by atoms with van der Waals surface area (Å²) >= 11 is 4.75. The van der Waals surface area contributed by atoms with Crippen LogP contribution in [0, 0.1) is 11.3 Å². The van der Waals surface area contributed by atoms with Gasteiger partial charge in [0, 0.05) is 27.5 Å². The standard InChI is InChI=1S/C18H12BrN3OS.ClH/c19-14-6-4-13(5-7-14)16-12-24-18(21-16)15(10-20)17(23)11-22-8-2-1-3-9-22;/h1-9,12H,11H2;1H. The van der Waals surface area contributed by atoms with Crippen LogP contribution in [0.5, 0.6) is 0 Å². The van der Waals surface area contributed by atoms with Gasteiger partial charge in [-0.15, -0.1) is 11.3 Å². The first-order valence-corrected chi connectivity index (χ1v) is 8.83. The number of aliphatic hydroxyl groups excluding tert-OH is 1. The third kappa shape index (κ3) is 4.67. The molecule has 3 aromatic rings. The van der Waals surface area contributed by atoms with Crippen LogP contribution in [0.4, 0.5) is 0 Å². The number of pyridine rings is 1. The number of aromatic nitrogens is 2. The summed E-state index contributed by atoms with van der Waals surface area (Å²) < 4.78 is 2.80. The molecule has 0 aliphatic carbocycles. The molecule has 0 saturated heterocycles. The van der Waals surface area contributed by atoms with Crippen LogP contribution in [0.3, 0.4) is 0 Å². The minimum atomic E-state index is 0. The number of hydrogen-bond acceptors (Lipinski definition) is 4. The molecule has 0 aliphatic rings. The maximum absolute atomic E-state index is 10.3. The topological polar surface area (TPSA) is 60.8 Å². The second-order valence-electron chi connectivity index (χ2n) is 5.03. The number of thiazole rings is 1. The molecular weight excluding hydrogens is 422 g/mol. The second kappa shape index (κ2) is 8.77. The molecule has 0 aliphatic heterocycles. The van der Waals surface area contributed by atoms with E-state index >= 15 is 0 Å². The largest absolute Gasteiger partial charge is 1.00 e. The average Bonchev–Trinajstić information content (AvgIpc) is 3.07. The van der Waals surface area contributed by atoms with E-state index in [1.807, 2.05) is 60.2 Å². The molecule has 0 radical (unpaired) electrons. The summed E-state index contributed by atoms with van der Waals surface area (Å²) in [7, 11) is 0. The third-order valence-electron chi connectivity index (χ3n) is 3.37. The van der Waals surface area contributed by atoms with Gasteiger partial charge in [-0.05, 0) is 12.1 Å². The average molecular weight is 435 g/mol. The van der Waals surface area contributed by atoms with Crippen molar-refractivity contribution in [2.24, 2.45) is 0 Å². The van der Waals surface area contributed by atoms with Gasteiger partial charge in [-0.1, -0.05) is 34.1 Å². The van der Waals surface area contributed by atoms with Gasteiger partial charge in [0.15, 0.2) is 18.2 Å². The Morgan fingerprint density at radius 1 is 1.20 bits per heavy atom. The highest BCUT2D eigenvalue weighted by Gasteiger charge is 2.16. The fraction of sp³-hybridized carbons (Fsp3) is 0.0556. The molecule has 4 nitrogen and oxygen atoms in total. The van der Waals surface area contributed by atoms with Crippen LogP contribution >= 0.6 is 27.3 Å². The van der Waals surface area contributed by atoms with E-state index in [2.05, 4.69) is 27.0 Å². The summed E-state index contributed by atoms with van der Waals surface area (Å²) in [5, 5.41) is 22.2. The molecule has 0 spiro atoms. The van der Waals surface area contributed by atoms with Crippen molar-refractivity contribution in [1.82, 2.24) is 4.98 Å². The van der Waals surface area contributed by atoms with E-state index in [0.717, 1.165) is 15.7 Å². The molecule has 0 atom stereocenters. The smallest absolute Gasteiger partial charge is 0.206 e. The predicted octanol–water partition coefficient (Wildman–Crippen LogP) is 1.36. The van der Waals surface area contributed by atoms with E-state index in [4.69, 9.17) is 0 Å². The Morgan fingerprint density at radius 2 is 1.88 bits per heavy atom. The zero-order valence-corrected chi connectivity index (χ0v) is 16.1. The number of rotatable bonds is 4. The van der Waals surface area contributed by atoms with Crippen LogP contribution in [0.2, 0.25) is 0 Å². The Hall–Kier alpha value is -2.20. The van der Waals surface area contributed by atoms with Gasteiger partial charge in [-0.2, -0.15) is 9.83 Å². The van der Waals surface area contributed by atoms with Crippen LogP contribution in [0.25, 0.3) is 16.8 Å². The van der Waals surface area contributed by atoms with Crippen molar-refractivity contribution in [3.05, 3.63) is 75.5 Å². The number of aliphatic hydroxyl groups is 1. The lowest BCUT2D eigenvalue weighted by Crippen LogP contribution is -3.00. The number of nitrogens with zero attached hydrogens (tertiary/aromatic N) is 3. The molecule has 0 fully saturated rings. The Morgan fingerprint density at radius 3 is 2.52 bits per heavy atom.